The van der Waals surface area contributed by atoms with Crippen molar-refractivity contribution in [3.63, 3.8) is 0 Å². The number of benzene rings is 1. The summed E-state index contributed by atoms with van der Waals surface area (Å²) in [5.41, 5.74) is 2.80. The number of ether oxygens (including phenoxy) is 1. The molecule has 26 heavy (non-hydrogen) atoms. The van der Waals surface area contributed by atoms with Gasteiger partial charge in [0.1, 0.15) is 18.1 Å². The molecule has 0 aromatic heterocycles. The second-order valence-corrected chi connectivity index (χ2v) is 8.60. The molecule has 1 aromatic rings. The Balaban J connectivity index is 1.52. The smallest absolute Gasteiger partial charge is 0.306 e. The molecule has 5 unspecified atom stereocenters. The Morgan fingerprint density at radius 3 is 2.96 bits per heavy atom. The van der Waals surface area contributed by atoms with Crippen LogP contribution in [0.3, 0.4) is 0 Å². The SMILES string of the molecule is CC12CCC3c4ccc(O)cc4CCC3C1CCC2OC(=O)CCC=O. The summed E-state index contributed by atoms with van der Waals surface area (Å²) >= 11 is 0. The molecule has 4 rings (SSSR count). The highest BCUT2D eigenvalue weighted by molar-refractivity contribution is 5.72. The fourth-order valence-electron chi connectivity index (χ4n) is 6.11. The van der Waals surface area contributed by atoms with Crippen molar-refractivity contribution in [1.29, 1.82) is 0 Å². The first-order valence-corrected chi connectivity index (χ1v) is 9.98. The minimum atomic E-state index is -0.226. The minimum Gasteiger partial charge on any atom is -0.508 e. The van der Waals surface area contributed by atoms with Gasteiger partial charge in [0, 0.05) is 11.8 Å². The van der Waals surface area contributed by atoms with E-state index in [0.29, 0.717) is 23.5 Å². The third kappa shape index (κ3) is 2.83. The molecule has 0 heterocycles. The second kappa shape index (κ2) is 6.71. The van der Waals surface area contributed by atoms with Gasteiger partial charge in [0.15, 0.2) is 0 Å². The Labute approximate surface area is 154 Å². The average molecular weight is 356 g/mol. The number of aryl methyl sites for hydroxylation is 1. The number of phenols is 1. The van der Waals surface area contributed by atoms with Crippen molar-refractivity contribution < 1.29 is 19.4 Å². The van der Waals surface area contributed by atoms with Crippen LogP contribution in [0.4, 0.5) is 0 Å². The number of aldehydes is 1. The van der Waals surface area contributed by atoms with Gasteiger partial charge in [0.05, 0.1) is 6.42 Å². The molecular formula is C22H28O4. The van der Waals surface area contributed by atoms with Crippen molar-refractivity contribution in [2.45, 2.75) is 70.3 Å². The van der Waals surface area contributed by atoms with E-state index in [1.807, 2.05) is 12.1 Å². The maximum absolute atomic E-state index is 12.0. The molecule has 2 saturated carbocycles. The van der Waals surface area contributed by atoms with E-state index < -0.39 is 0 Å². The predicted molar refractivity (Wildman–Crippen MR) is 97.9 cm³/mol. The highest BCUT2D eigenvalue weighted by Crippen LogP contribution is 2.61. The maximum Gasteiger partial charge on any atom is 0.306 e. The third-order valence-electron chi connectivity index (χ3n) is 7.36. The van der Waals surface area contributed by atoms with Crippen LogP contribution in [0.5, 0.6) is 5.75 Å². The molecule has 4 nitrogen and oxygen atoms in total. The summed E-state index contributed by atoms with van der Waals surface area (Å²) in [5, 5.41) is 9.79. The molecule has 140 valence electrons. The number of hydrogen-bond acceptors (Lipinski definition) is 4. The first-order valence-electron chi connectivity index (χ1n) is 9.98. The van der Waals surface area contributed by atoms with Crippen LogP contribution >= 0.6 is 0 Å². The van der Waals surface area contributed by atoms with Crippen molar-refractivity contribution in [2.24, 2.45) is 17.3 Å². The van der Waals surface area contributed by atoms with E-state index in [0.717, 1.165) is 44.8 Å². The van der Waals surface area contributed by atoms with Crippen LogP contribution in [-0.4, -0.2) is 23.5 Å². The highest BCUT2D eigenvalue weighted by Gasteiger charge is 2.56. The fourth-order valence-corrected chi connectivity index (χ4v) is 6.11. The fraction of sp³-hybridized carbons (Fsp3) is 0.636. The molecule has 5 atom stereocenters. The van der Waals surface area contributed by atoms with Crippen molar-refractivity contribution in [3.8, 4) is 5.75 Å². The van der Waals surface area contributed by atoms with Crippen molar-refractivity contribution >= 4 is 12.3 Å². The molecule has 0 bridgehead atoms. The Kier molecular flexibility index (Phi) is 4.54. The van der Waals surface area contributed by atoms with Crippen LogP contribution in [0.2, 0.25) is 0 Å². The monoisotopic (exact) mass is 356 g/mol. The van der Waals surface area contributed by atoms with Gasteiger partial charge in [-0.1, -0.05) is 13.0 Å². The van der Waals surface area contributed by atoms with E-state index in [4.69, 9.17) is 4.74 Å². The molecule has 0 saturated heterocycles. The molecule has 2 fully saturated rings. The molecule has 4 heteroatoms. The van der Waals surface area contributed by atoms with Crippen molar-refractivity contribution in [3.05, 3.63) is 29.3 Å². The Morgan fingerprint density at radius 1 is 1.31 bits per heavy atom. The predicted octanol–water partition coefficient (Wildman–Crippen LogP) is 4.14. The number of aromatic hydroxyl groups is 1. The number of fused-ring (bicyclic) bond motifs is 5. The van der Waals surface area contributed by atoms with Gasteiger partial charge in [-0.2, -0.15) is 0 Å². The van der Waals surface area contributed by atoms with E-state index in [9.17, 15) is 14.7 Å². The lowest BCUT2D eigenvalue weighted by Gasteiger charge is -2.50. The van der Waals surface area contributed by atoms with Gasteiger partial charge in [-0.25, -0.2) is 0 Å². The lowest BCUT2D eigenvalue weighted by molar-refractivity contribution is -0.158. The van der Waals surface area contributed by atoms with Crippen LogP contribution in [0, 0.1) is 17.3 Å². The summed E-state index contributed by atoms with van der Waals surface area (Å²) in [7, 11) is 0. The number of esters is 1. The van der Waals surface area contributed by atoms with Crippen LogP contribution in [0.25, 0.3) is 0 Å². The summed E-state index contributed by atoms with van der Waals surface area (Å²) in [5.74, 6) is 1.94. The molecule has 1 aromatic carbocycles. The number of carbonyl (C=O) groups is 2. The molecule has 0 spiro atoms. The summed E-state index contributed by atoms with van der Waals surface area (Å²) in [6.07, 6.45) is 7.67. The number of hydrogen-bond donors (Lipinski definition) is 1. The van der Waals surface area contributed by atoms with Gasteiger partial charge in [-0.3, -0.25) is 4.79 Å². The van der Waals surface area contributed by atoms with Crippen LogP contribution < -0.4 is 0 Å². The summed E-state index contributed by atoms with van der Waals surface area (Å²) in [6.45, 7) is 2.31. The molecule has 1 N–H and O–H groups in total. The quantitative estimate of drug-likeness (QED) is 0.650. The molecular weight excluding hydrogens is 328 g/mol. The zero-order valence-corrected chi connectivity index (χ0v) is 15.4. The second-order valence-electron chi connectivity index (χ2n) is 8.60. The first kappa shape index (κ1) is 17.6. The molecule has 3 aliphatic rings. The average Bonchev–Trinajstić information content (AvgIpc) is 2.96. The molecule has 3 aliphatic carbocycles. The molecule has 0 radical (unpaired) electrons. The van der Waals surface area contributed by atoms with E-state index >= 15 is 0 Å². The first-order chi connectivity index (χ1) is 12.5. The molecule has 0 aliphatic heterocycles. The summed E-state index contributed by atoms with van der Waals surface area (Å²) in [6, 6.07) is 5.88. The molecule has 0 amide bonds. The van der Waals surface area contributed by atoms with Crippen molar-refractivity contribution in [2.75, 3.05) is 0 Å². The van der Waals surface area contributed by atoms with Crippen molar-refractivity contribution in [1.82, 2.24) is 0 Å². The van der Waals surface area contributed by atoms with Gasteiger partial charge in [-0.15, -0.1) is 0 Å². The number of phenolic OH excluding ortho intramolecular Hbond substituents is 1. The zero-order chi connectivity index (χ0) is 18.3. The van der Waals surface area contributed by atoms with Gasteiger partial charge >= 0.3 is 5.97 Å². The number of rotatable bonds is 4. The van der Waals surface area contributed by atoms with E-state index in [-0.39, 0.29) is 30.3 Å². The van der Waals surface area contributed by atoms with E-state index in [1.54, 1.807) is 0 Å². The third-order valence-corrected chi connectivity index (χ3v) is 7.36. The maximum atomic E-state index is 12.0. The Bertz CT molecular complexity index is 712. The highest BCUT2D eigenvalue weighted by atomic mass is 16.5. The normalized spacial score (nSPS) is 35.1. The summed E-state index contributed by atoms with van der Waals surface area (Å²) < 4.78 is 5.82. The summed E-state index contributed by atoms with van der Waals surface area (Å²) in [4.78, 5) is 22.5. The van der Waals surface area contributed by atoms with Crippen LogP contribution in [-0.2, 0) is 20.7 Å². The number of carbonyl (C=O) groups excluding carboxylic acids is 2. The van der Waals surface area contributed by atoms with E-state index in [2.05, 4.69) is 13.0 Å². The lowest BCUT2D eigenvalue weighted by atomic mass is 9.55. The van der Waals surface area contributed by atoms with E-state index in [1.165, 1.54) is 11.1 Å². The standard InChI is InChI=1S/C22H28O4/c1-22-11-10-17-16-7-5-15(24)13-14(16)4-6-18(17)19(22)8-9-20(22)26-21(25)3-2-12-23/h5,7,12-13,17-20,24H,2-4,6,8-11H2,1H3. The topological polar surface area (TPSA) is 63.6 Å². The largest absolute Gasteiger partial charge is 0.508 e. The van der Waals surface area contributed by atoms with Gasteiger partial charge in [0.2, 0.25) is 0 Å². The zero-order valence-electron chi connectivity index (χ0n) is 15.4. The minimum absolute atomic E-state index is 0.00573. The van der Waals surface area contributed by atoms with Gasteiger partial charge in [-0.05, 0) is 79.5 Å². The van der Waals surface area contributed by atoms with Crippen LogP contribution in [0.15, 0.2) is 18.2 Å². The van der Waals surface area contributed by atoms with Gasteiger partial charge in [0.25, 0.3) is 0 Å². The van der Waals surface area contributed by atoms with Crippen LogP contribution in [0.1, 0.15) is 68.9 Å². The Hall–Kier alpha value is -1.84. The lowest BCUT2D eigenvalue weighted by Crippen LogP contribution is -2.45. The Morgan fingerprint density at radius 2 is 2.15 bits per heavy atom. The van der Waals surface area contributed by atoms with Gasteiger partial charge < -0.3 is 14.6 Å².